The van der Waals surface area contributed by atoms with Gasteiger partial charge in [0.1, 0.15) is 5.75 Å². The van der Waals surface area contributed by atoms with Gasteiger partial charge in [-0.25, -0.2) is 4.79 Å². The third-order valence-corrected chi connectivity index (χ3v) is 3.71. The third-order valence-electron chi connectivity index (χ3n) is 3.71. The molecule has 0 heterocycles. The van der Waals surface area contributed by atoms with Crippen LogP contribution < -0.4 is 4.74 Å². The van der Waals surface area contributed by atoms with Gasteiger partial charge in [0.2, 0.25) is 6.29 Å². The summed E-state index contributed by atoms with van der Waals surface area (Å²) in [4.78, 5) is 20.3. The van der Waals surface area contributed by atoms with Crippen molar-refractivity contribution >= 4 is 5.97 Å². The van der Waals surface area contributed by atoms with Crippen molar-refractivity contribution in [1.29, 1.82) is 0 Å². The van der Waals surface area contributed by atoms with Gasteiger partial charge in [0.25, 0.3) is 0 Å². The molecule has 2 atom stereocenters. The first-order valence-corrected chi connectivity index (χ1v) is 8.25. The molecule has 0 spiro atoms. The van der Waals surface area contributed by atoms with E-state index in [4.69, 9.17) is 9.62 Å². The average Bonchev–Trinajstić information content (AvgIpc) is 2.43. The maximum atomic E-state index is 10.8. The van der Waals surface area contributed by atoms with Crippen LogP contribution in [-0.2, 0) is 14.6 Å². The van der Waals surface area contributed by atoms with Crippen LogP contribution in [0.3, 0.4) is 0 Å². The van der Waals surface area contributed by atoms with Crippen molar-refractivity contribution in [3.05, 3.63) is 29.8 Å². The second-order valence-corrected chi connectivity index (χ2v) is 7.28. The molecule has 130 valence electrons. The number of ether oxygens (including phenoxy) is 1. The fourth-order valence-electron chi connectivity index (χ4n) is 3.08. The molecular formula is C19H30O4. The SMILES string of the molecule is CCC(OOC(C)=O)Oc1ccc(C(C(C)C)C(C)(C)C)cc1. The molecule has 1 rings (SSSR count). The molecular weight excluding hydrogens is 292 g/mol. The first kappa shape index (κ1) is 19.5. The Balaban J connectivity index is 2.80. The lowest BCUT2D eigenvalue weighted by atomic mass is 9.70. The summed E-state index contributed by atoms with van der Waals surface area (Å²) >= 11 is 0. The smallest absolute Gasteiger partial charge is 0.339 e. The lowest BCUT2D eigenvalue weighted by Crippen LogP contribution is -2.23. The van der Waals surface area contributed by atoms with Gasteiger partial charge in [0.05, 0.1) is 0 Å². The van der Waals surface area contributed by atoms with Crippen molar-refractivity contribution in [3.63, 3.8) is 0 Å². The minimum atomic E-state index is -0.603. The van der Waals surface area contributed by atoms with Crippen LogP contribution in [0.5, 0.6) is 5.75 Å². The van der Waals surface area contributed by atoms with Crippen molar-refractivity contribution in [2.75, 3.05) is 0 Å². The highest BCUT2D eigenvalue weighted by atomic mass is 17.2. The van der Waals surface area contributed by atoms with Crippen molar-refractivity contribution in [1.82, 2.24) is 0 Å². The molecule has 2 unspecified atom stereocenters. The Hall–Kier alpha value is -1.55. The van der Waals surface area contributed by atoms with E-state index in [1.54, 1.807) is 0 Å². The average molecular weight is 322 g/mol. The molecule has 1 aromatic rings. The molecule has 23 heavy (non-hydrogen) atoms. The maximum absolute atomic E-state index is 10.8. The molecule has 0 aliphatic rings. The molecule has 0 N–H and O–H groups in total. The highest BCUT2D eigenvalue weighted by molar-refractivity contribution is 5.65. The Morgan fingerprint density at radius 1 is 1.13 bits per heavy atom. The van der Waals surface area contributed by atoms with E-state index in [0.29, 0.717) is 24.0 Å². The molecule has 4 nitrogen and oxygen atoms in total. The van der Waals surface area contributed by atoms with Crippen LogP contribution in [0.4, 0.5) is 0 Å². The maximum Gasteiger partial charge on any atom is 0.339 e. The predicted molar refractivity (Wildman–Crippen MR) is 91.0 cm³/mol. The summed E-state index contributed by atoms with van der Waals surface area (Å²) < 4.78 is 5.70. The quantitative estimate of drug-likeness (QED) is 0.399. The molecule has 0 aromatic heterocycles. The second kappa shape index (κ2) is 8.34. The van der Waals surface area contributed by atoms with Crippen LogP contribution in [0.2, 0.25) is 0 Å². The van der Waals surface area contributed by atoms with Gasteiger partial charge >= 0.3 is 5.97 Å². The Bertz CT molecular complexity index is 485. The molecule has 1 aromatic carbocycles. The summed E-state index contributed by atoms with van der Waals surface area (Å²) in [5.74, 6) is 1.23. The minimum absolute atomic E-state index is 0.195. The molecule has 0 aliphatic carbocycles. The zero-order chi connectivity index (χ0) is 17.6. The number of carbonyl (C=O) groups is 1. The highest BCUT2D eigenvalue weighted by Gasteiger charge is 2.28. The number of benzene rings is 1. The molecule has 0 fully saturated rings. The summed E-state index contributed by atoms with van der Waals surface area (Å²) in [5, 5.41) is 0. The van der Waals surface area contributed by atoms with E-state index in [2.05, 4.69) is 51.6 Å². The van der Waals surface area contributed by atoms with E-state index >= 15 is 0 Å². The number of carbonyl (C=O) groups excluding carboxylic acids is 1. The lowest BCUT2D eigenvalue weighted by Gasteiger charge is -2.34. The van der Waals surface area contributed by atoms with E-state index in [1.807, 2.05) is 19.1 Å². The standard InChI is InChI=1S/C19H30O4/c1-8-17(23-22-14(4)20)21-16-11-9-15(10-12-16)18(13(2)3)19(5,6)7/h9-13,17-18H,8H2,1-7H3. The van der Waals surface area contributed by atoms with E-state index in [-0.39, 0.29) is 5.41 Å². The zero-order valence-electron chi connectivity index (χ0n) is 15.4. The minimum Gasteiger partial charge on any atom is -0.461 e. The lowest BCUT2D eigenvalue weighted by molar-refractivity contribution is -0.333. The number of rotatable bonds is 7. The Morgan fingerprint density at radius 3 is 2.09 bits per heavy atom. The highest BCUT2D eigenvalue weighted by Crippen LogP contribution is 2.40. The van der Waals surface area contributed by atoms with Gasteiger partial charge in [-0.05, 0) is 34.9 Å². The van der Waals surface area contributed by atoms with Gasteiger partial charge in [0.15, 0.2) is 0 Å². The fraction of sp³-hybridized carbons (Fsp3) is 0.632. The van der Waals surface area contributed by atoms with Gasteiger partial charge < -0.3 is 4.74 Å². The Kier molecular flexibility index (Phi) is 7.07. The van der Waals surface area contributed by atoms with Crippen LogP contribution in [0.25, 0.3) is 0 Å². The largest absolute Gasteiger partial charge is 0.461 e. The van der Waals surface area contributed by atoms with Crippen LogP contribution in [0.15, 0.2) is 24.3 Å². The Labute approximate surface area is 140 Å². The normalized spacial score (nSPS) is 14.4. The molecule has 0 radical (unpaired) electrons. The van der Waals surface area contributed by atoms with Gasteiger partial charge in [-0.1, -0.05) is 53.7 Å². The van der Waals surface area contributed by atoms with Gasteiger partial charge in [-0.3, -0.25) is 4.89 Å². The molecule has 0 amide bonds. The predicted octanol–water partition coefficient (Wildman–Crippen LogP) is 5.08. The van der Waals surface area contributed by atoms with Gasteiger partial charge in [-0.15, -0.1) is 4.89 Å². The third kappa shape index (κ3) is 6.22. The van der Waals surface area contributed by atoms with E-state index in [9.17, 15) is 4.79 Å². The van der Waals surface area contributed by atoms with Crippen molar-refractivity contribution in [3.8, 4) is 5.75 Å². The second-order valence-electron chi connectivity index (χ2n) is 7.28. The molecule has 0 saturated carbocycles. The fourth-order valence-corrected chi connectivity index (χ4v) is 3.08. The molecule has 0 aliphatic heterocycles. The Morgan fingerprint density at radius 2 is 1.70 bits per heavy atom. The van der Waals surface area contributed by atoms with E-state index < -0.39 is 12.3 Å². The van der Waals surface area contributed by atoms with Crippen LogP contribution in [0, 0.1) is 11.3 Å². The molecule has 0 saturated heterocycles. The van der Waals surface area contributed by atoms with Crippen LogP contribution in [-0.4, -0.2) is 12.3 Å². The van der Waals surface area contributed by atoms with Crippen LogP contribution in [0.1, 0.15) is 66.4 Å². The topological polar surface area (TPSA) is 44.8 Å². The summed E-state index contributed by atoms with van der Waals surface area (Å²) in [6.07, 6.45) is -0.0284. The van der Waals surface area contributed by atoms with Crippen LogP contribution >= 0.6 is 0 Å². The number of hydrogen-bond acceptors (Lipinski definition) is 4. The summed E-state index contributed by atoms with van der Waals surface area (Å²) in [5.41, 5.74) is 1.50. The summed E-state index contributed by atoms with van der Waals surface area (Å²) in [6, 6.07) is 8.08. The first-order valence-electron chi connectivity index (χ1n) is 8.25. The molecule has 0 bridgehead atoms. The van der Waals surface area contributed by atoms with E-state index in [1.165, 1.54) is 12.5 Å². The zero-order valence-corrected chi connectivity index (χ0v) is 15.4. The molecule has 4 heteroatoms. The number of hydrogen-bond donors (Lipinski definition) is 0. The van der Waals surface area contributed by atoms with Crippen molar-refractivity contribution in [2.45, 2.75) is 67.1 Å². The van der Waals surface area contributed by atoms with Crippen molar-refractivity contribution < 1.29 is 19.3 Å². The van der Waals surface area contributed by atoms with E-state index in [0.717, 1.165) is 0 Å². The van der Waals surface area contributed by atoms with Gasteiger partial charge in [0, 0.05) is 13.3 Å². The summed E-state index contributed by atoms with van der Waals surface area (Å²) in [6.45, 7) is 14.5. The summed E-state index contributed by atoms with van der Waals surface area (Å²) in [7, 11) is 0. The van der Waals surface area contributed by atoms with Crippen molar-refractivity contribution in [2.24, 2.45) is 11.3 Å². The first-order chi connectivity index (χ1) is 10.6. The monoisotopic (exact) mass is 322 g/mol. The van der Waals surface area contributed by atoms with Gasteiger partial charge in [-0.2, -0.15) is 0 Å².